The van der Waals surface area contributed by atoms with Crippen LogP contribution in [-0.4, -0.2) is 67.1 Å². The maximum absolute atomic E-state index is 13.4. The second-order valence-electron chi connectivity index (χ2n) is 9.71. The van der Waals surface area contributed by atoms with Gasteiger partial charge < -0.3 is 9.84 Å². The molecule has 2 heterocycles. The zero-order valence-corrected chi connectivity index (χ0v) is 19.0. The Bertz CT molecular complexity index is 895. The number of hydrogen-bond acceptors (Lipinski definition) is 4. The molecule has 8 heteroatoms. The van der Waals surface area contributed by atoms with Crippen LogP contribution in [0.3, 0.4) is 0 Å². The van der Waals surface area contributed by atoms with Gasteiger partial charge in [0.2, 0.25) is 0 Å². The third kappa shape index (κ3) is 5.61. The zero-order valence-electron chi connectivity index (χ0n) is 19.0. The fourth-order valence-electron chi connectivity index (χ4n) is 5.29. The summed E-state index contributed by atoms with van der Waals surface area (Å²) < 4.78 is 58.6. The summed E-state index contributed by atoms with van der Waals surface area (Å²) >= 11 is 0. The molecule has 0 bridgehead atoms. The first-order valence-corrected chi connectivity index (χ1v) is 11.5. The van der Waals surface area contributed by atoms with Crippen molar-refractivity contribution in [1.29, 1.82) is 0 Å². The Morgan fingerprint density at radius 1 is 1.24 bits per heavy atom. The van der Waals surface area contributed by atoms with Gasteiger partial charge in [0.05, 0.1) is 19.8 Å². The Balaban J connectivity index is 1.46. The smallest absolute Gasteiger partial charge is 0.401 e. The average Bonchev–Trinajstić information content (AvgIpc) is 2.75. The number of aliphatic hydroxyl groups is 1. The van der Waals surface area contributed by atoms with E-state index >= 15 is 0 Å². The van der Waals surface area contributed by atoms with Crippen molar-refractivity contribution in [2.45, 2.75) is 38.6 Å². The van der Waals surface area contributed by atoms with E-state index in [-0.39, 0.29) is 19.2 Å². The summed E-state index contributed by atoms with van der Waals surface area (Å²) in [6.07, 6.45) is 2.62. The zero-order chi connectivity index (χ0) is 23.6. The minimum absolute atomic E-state index is 0.0866. The molecule has 2 aliphatic heterocycles. The summed E-state index contributed by atoms with van der Waals surface area (Å²) in [5, 5.41) is 9.48. The lowest BCUT2D eigenvalue weighted by Gasteiger charge is -2.47. The Morgan fingerprint density at radius 2 is 2.03 bits per heavy atom. The fourth-order valence-corrected chi connectivity index (χ4v) is 5.29. The average molecular weight is 469 g/mol. The summed E-state index contributed by atoms with van der Waals surface area (Å²) in [6.45, 7) is 3.77. The first-order valence-electron chi connectivity index (χ1n) is 11.5. The quantitative estimate of drug-likeness (QED) is 0.574. The van der Waals surface area contributed by atoms with Crippen LogP contribution in [0.25, 0.3) is 0 Å². The lowest BCUT2D eigenvalue weighted by atomic mass is 9.70. The highest BCUT2D eigenvalue weighted by molar-refractivity contribution is 5.39. The van der Waals surface area contributed by atoms with E-state index in [1.165, 1.54) is 4.90 Å². The fraction of sp³-hybridized carbons (Fsp3) is 0.600. The van der Waals surface area contributed by atoms with Gasteiger partial charge in [0.15, 0.2) is 0 Å². The van der Waals surface area contributed by atoms with Gasteiger partial charge in [-0.1, -0.05) is 31.2 Å². The molecule has 0 saturated carbocycles. The van der Waals surface area contributed by atoms with Crippen LogP contribution in [0, 0.1) is 11.3 Å². The van der Waals surface area contributed by atoms with Gasteiger partial charge in [0, 0.05) is 43.6 Å². The molecule has 0 spiro atoms. The first kappa shape index (κ1) is 24.2. The number of likely N-dealkylation sites (tertiary alicyclic amines) is 1. The number of halogens is 4. The van der Waals surface area contributed by atoms with Gasteiger partial charge in [-0.15, -0.1) is 0 Å². The van der Waals surface area contributed by atoms with Crippen molar-refractivity contribution in [2.24, 2.45) is 11.3 Å². The van der Waals surface area contributed by atoms with Crippen LogP contribution in [0.15, 0.2) is 42.2 Å². The molecule has 1 aromatic carbocycles. The molecule has 1 aliphatic carbocycles. The van der Waals surface area contributed by atoms with Gasteiger partial charge in [0.1, 0.15) is 12.4 Å². The molecule has 1 aromatic rings. The van der Waals surface area contributed by atoms with Crippen molar-refractivity contribution < 1.29 is 27.4 Å². The van der Waals surface area contributed by atoms with Crippen molar-refractivity contribution in [3.8, 4) is 0 Å². The largest absolute Gasteiger partial charge is 0.493 e. The topological polar surface area (TPSA) is 35.9 Å². The molecule has 1 saturated heterocycles. The minimum Gasteiger partial charge on any atom is -0.493 e. The van der Waals surface area contributed by atoms with E-state index in [0.29, 0.717) is 26.0 Å². The molecule has 0 radical (unpaired) electrons. The Morgan fingerprint density at radius 3 is 2.67 bits per heavy atom. The van der Waals surface area contributed by atoms with E-state index in [2.05, 4.69) is 4.90 Å². The number of allylic oxidation sites excluding steroid dienone is 2. The Hall–Kier alpha value is -1.90. The maximum Gasteiger partial charge on any atom is 0.401 e. The van der Waals surface area contributed by atoms with Gasteiger partial charge in [0.25, 0.3) is 0 Å². The molecule has 4 nitrogen and oxygen atoms in total. The summed E-state index contributed by atoms with van der Waals surface area (Å²) in [5.74, 6) is 0.870. The molecular weight excluding hydrogens is 436 g/mol. The molecule has 1 fully saturated rings. The number of rotatable bonds is 8. The number of hydrogen-bond donors (Lipinski definition) is 1. The van der Waals surface area contributed by atoms with Gasteiger partial charge >= 0.3 is 6.18 Å². The summed E-state index contributed by atoms with van der Waals surface area (Å²) in [7, 11) is 0. The predicted molar refractivity (Wildman–Crippen MR) is 118 cm³/mol. The number of aliphatic hydroxyl groups excluding tert-OH is 1. The van der Waals surface area contributed by atoms with Crippen molar-refractivity contribution >= 4 is 0 Å². The molecule has 2 atom stereocenters. The maximum atomic E-state index is 13.4. The van der Waals surface area contributed by atoms with Crippen molar-refractivity contribution in [2.75, 3.05) is 46.0 Å². The highest BCUT2D eigenvalue weighted by Crippen LogP contribution is 2.48. The molecular formula is C25H32F4N2O2. The van der Waals surface area contributed by atoms with E-state index in [9.17, 15) is 22.7 Å². The second-order valence-corrected chi connectivity index (χ2v) is 9.71. The van der Waals surface area contributed by atoms with Crippen LogP contribution in [0.2, 0.25) is 0 Å². The van der Waals surface area contributed by atoms with E-state index in [4.69, 9.17) is 4.74 Å². The van der Waals surface area contributed by atoms with E-state index in [0.717, 1.165) is 42.1 Å². The van der Waals surface area contributed by atoms with Crippen molar-refractivity contribution in [3.63, 3.8) is 0 Å². The van der Waals surface area contributed by atoms with Crippen molar-refractivity contribution in [3.05, 3.63) is 58.9 Å². The van der Waals surface area contributed by atoms with Crippen LogP contribution in [-0.2, 0) is 17.8 Å². The first-order chi connectivity index (χ1) is 15.7. The standard InChI is InChI=1S/C25H32F4N2O2/c1-24(7-4-21(5-8-24)33-11-10-30-14-19(13-26)15-30)23-22-3-2-18(16-32)12-20(22)6-9-31(23)17-25(27,28)29/h2-5,7,12,19,23,32H,6,8-11,13-17H2,1H3/t23-,24?/m1/s1. The summed E-state index contributed by atoms with van der Waals surface area (Å²) in [4.78, 5) is 3.69. The highest BCUT2D eigenvalue weighted by Gasteiger charge is 2.44. The lowest BCUT2D eigenvalue weighted by molar-refractivity contribution is -0.156. The third-order valence-corrected chi connectivity index (χ3v) is 7.02. The minimum atomic E-state index is -4.28. The lowest BCUT2D eigenvalue weighted by Crippen LogP contribution is -2.48. The van der Waals surface area contributed by atoms with Crippen LogP contribution < -0.4 is 0 Å². The molecule has 1 N–H and O–H groups in total. The van der Waals surface area contributed by atoms with Gasteiger partial charge in [-0.25, -0.2) is 0 Å². The summed E-state index contributed by atoms with van der Waals surface area (Å²) in [6, 6.07) is 5.16. The van der Waals surface area contributed by atoms with Crippen LogP contribution in [0.1, 0.15) is 36.1 Å². The van der Waals surface area contributed by atoms with Crippen LogP contribution in [0.4, 0.5) is 17.6 Å². The van der Waals surface area contributed by atoms with E-state index in [1.54, 1.807) is 6.07 Å². The molecule has 0 aromatic heterocycles. The third-order valence-electron chi connectivity index (χ3n) is 7.02. The van der Waals surface area contributed by atoms with Gasteiger partial charge in [-0.2, -0.15) is 13.2 Å². The second kappa shape index (κ2) is 9.76. The van der Waals surface area contributed by atoms with Gasteiger partial charge in [-0.3, -0.25) is 14.2 Å². The number of fused-ring (bicyclic) bond motifs is 1. The number of benzene rings is 1. The van der Waals surface area contributed by atoms with Crippen molar-refractivity contribution in [1.82, 2.24) is 9.80 Å². The Labute approximate surface area is 192 Å². The number of alkyl halides is 4. The Kier molecular flexibility index (Phi) is 7.17. The highest BCUT2D eigenvalue weighted by atomic mass is 19.4. The summed E-state index contributed by atoms with van der Waals surface area (Å²) in [5.41, 5.74) is 2.15. The number of ether oxygens (including phenoxy) is 1. The molecule has 182 valence electrons. The number of nitrogens with zero attached hydrogens (tertiary/aromatic N) is 2. The van der Waals surface area contributed by atoms with Crippen LogP contribution >= 0.6 is 0 Å². The SMILES string of the molecule is CC1([C@H]2c3ccc(CO)cc3CCN2CC(F)(F)F)C=CC(OCCN2CC(CF)C2)=CC1. The predicted octanol–water partition coefficient (Wildman–Crippen LogP) is 4.41. The molecule has 3 aliphatic rings. The van der Waals surface area contributed by atoms with Crippen LogP contribution in [0.5, 0.6) is 0 Å². The molecule has 4 rings (SSSR count). The van der Waals surface area contributed by atoms with E-state index in [1.807, 2.05) is 37.3 Å². The van der Waals surface area contributed by atoms with E-state index < -0.39 is 24.2 Å². The monoisotopic (exact) mass is 468 g/mol. The molecule has 1 unspecified atom stereocenters. The molecule has 33 heavy (non-hydrogen) atoms. The molecule has 0 amide bonds. The van der Waals surface area contributed by atoms with Gasteiger partial charge in [-0.05, 0) is 41.7 Å². The normalized spacial score (nSPS) is 26.6.